The molecule has 6 nitrogen and oxygen atoms in total. The van der Waals surface area contributed by atoms with Crippen molar-refractivity contribution < 1.29 is 22.4 Å². The maximum atomic E-state index is 14.1. The number of nitrogens with zero attached hydrogens (tertiary/aromatic N) is 5. The van der Waals surface area contributed by atoms with E-state index in [1.54, 1.807) is 4.90 Å². The third kappa shape index (κ3) is 2.97. The number of alkyl halides is 3. The fraction of sp³-hybridized carbons (Fsp3) is 0.368. The Balaban J connectivity index is 1.65. The molecule has 2 aliphatic heterocycles. The Kier molecular flexibility index (Phi) is 4.22. The SMILES string of the molecule is Cc1cc(C2(C(F)(F)F)CC(N3Cc4cnc(C#N)nc4C3)=NO2)cc(C)c1F. The Bertz CT molecular complexity index is 1050. The molecule has 2 aliphatic rings. The van der Waals surface area contributed by atoms with Gasteiger partial charge in [0.2, 0.25) is 5.82 Å². The first kappa shape index (κ1) is 19.1. The molecule has 4 rings (SSSR count). The maximum Gasteiger partial charge on any atom is 0.435 e. The smallest absolute Gasteiger partial charge is 0.372 e. The summed E-state index contributed by atoms with van der Waals surface area (Å²) in [5.41, 5.74) is -1.39. The van der Waals surface area contributed by atoms with Crippen LogP contribution in [0.2, 0.25) is 0 Å². The third-order valence-corrected chi connectivity index (χ3v) is 5.20. The predicted molar refractivity (Wildman–Crippen MR) is 92.7 cm³/mol. The molecular formula is C19H15F4N5O. The Hall–Kier alpha value is -3.22. The van der Waals surface area contributed by atoms with E-state index in [4.69, 9.17) is 10.1 Å². The number of oxime groups is 1. The van der Waals surface area contributed by atoms with E-state index in [1.165, 1.54) is 20.0 Å². The topological polar surface area (TPSA) is 74.4 Å². The van der Waals surface area contributed by atoms with Gasteiger partial charge in [0.1, 0.15) is 17.7 Å². The molecule has 1 atom stereocenters. The van der Waals surface area contributed by atoms with Gasteiger partial charge in [-0.05, 0) is 37.1 Å². The molecule has 0 radical (unpaired) electrons. The minimum atomic E-state index is -4.77. The van der Waals surface area contributed by atoms with E-state index in [-0.39, 0.29) is 41.4 Å². The lowest BCUT2D eigenvalue weighted by atomic mass is 9.87. The van der Waals surface area contributed by atoms with Crippen molar-refractivity contribution >= 4 is 5.84 Å². The fourth-order valence-corrected chi connectivity index (χ4v) is 3.63. The van der Waals surface area contributed by atoms with Crippen LogP contribution in [0, 0.1) is 31.0 Å². The van der Waals surface area contributed by atoms with Crippen LogP contribution in [0.1, 0.15) is 40.2 Å². The van der Waals surface area contributed by atoms with Gasteiger partial charge in [-0.3, -0.25) is 0 Å². The van der Waals surface area contributed by atoms with E-state index in [0.717, 1.165) is 12.1 Å². The molecular weight excluding hydrogens is 390 g/mol. The van der Waals surface area contributed by atoms with Crippen molar-refractivity contribution in [3.63, 3.8) is 0 Å². The van der Waals surface area contributed by atoms with Crippen LogP contribution in [0.15, 0.2) is 23.5 Å². The van der Waals surface area contributed by atoms with Gasteiger partial charge >= 0.3 is 6.18 Å². The highest BCUT2D eigenvalue weighted by Crippen LogP contribution is 2.49. The second-order valence-corrected chi connectivity index (χ2v) is 7.16. The van der Waals surface area contributed by atoms with Crippen LogP contribution in [-0.4, -0.2) is 26.9 Å². The summed E-state index contributed by atoms with van der Waals surface area (Å²) >= 11 is 0. The molecule has 2 aromatic rings. The first-order chi connectivity index (χ1) is 13.6. The zero-order valence-electron chi connectivity index (χ0n) is 15.5. The van der Waals surface area contributed by atoms with Gasteiger partial charge in [0.15, 0.2) is 0 Å². The van der Waals surface area contributed by atoms with Crippen LogP contribution >= 0.6 is 0 Å². The largest absolute Gasteiger partial charge is 0.435 e. The van der Waals surface area contributed by atoms with Crippen molar-refractivity contribution in [2.75, 3.05) is 0 Å². The molecule has 0 saturated heterocycles. The molecule has 0 bridgehead atoms. The lowest BCUT2D eigenvalue weighted by molar-refractivity contribution is -0.276. The number of rotatable bonds is 1. The highest BCUT2D eigenvalue weighted by atomic mass is 19.4. The quantitative estimate of drug-likeness (QED) is 0.678. The van der Waals surface area contributed by atoms with Crippen LogP contribution < -0.4 is 0 Å². The van der Waals surface area contributed by atoms with Gasteiger partial charge in [0, 0.05) is 23.9 Å². The molecule has 0 aliphatic carbocycles. The van der Waals surface area contributed by atoms with Crippen molar-refractivity contribution in [1.29, 1.82) is 5.26 Å². The lowest BCUT2D eigenvalue weighted by Gasteiger charge is -2.30. The minimum absolute atomic E-state index is 0.00267. The molecule has 0 saturated carbocycles. The number of benzene rings is 1. The molecule has 0 N–H and O–H groups in total. The average molecular weight is 405 g/mol. The van der Waals surface area contributed by atoms with Crippen LogP contribution in [-0.2, 0) is 23.5 Å². The van der Waals surface area contributed by atoms with Gasteiger partial charge in [0.25, 0.3) is 5.60 Å². The number of aromatic nitrogens is 2. The lowest BCUT2D eigenvalue weighted by Crippen LogP contribution is -2.44. The molecule has 29 heavy (non-hydrogen) atoms. The van der Waals surface area contributed by atoms with Gasteiger partial charge in [0.05, 0.1) is 18.7 Å². The highest BCUT2D eigenvalue weighted by molar-refractivity contribution is 5.85. The van der Waals surface area contributed by atoms with Gasteiger partial charge < -0.3 is 9.74 Å². The normalized spacial score (nSPS) is 20.9. The summed E-state index contributed by atoms with van der Waals surface area (Å²) in [5, 5.41) is 12.6. The van der Waals surface area contributed by atoms with E-state index >= 15 is 0 Å². The monoisotopic (exact) mass is 405 g/mol. The van der Waals surface area contributed by atoms with Gasteiger partial charge in [-0.15, -0.1) is 0 Å². The third-order valence-electron chi connectivity index (χ3n) is 5.20. The van der Waals surface area contributed by atoms with E-state index < -0.39 is 24.0 Å². The second-order valence-electron chi connectivity index (χ2n) is 7.16. The maximum absolute atomic E-state index is 14.1. The van der Waals surface area contributed by atoms with E-state index in [9.17, 15) is 17.6 Å². The van der Waals surface area contributed by atoms with Crippen molar-refractivity contribution in [3.05, 3.63) is 57.9 Å². The molecule has 150 valence electrons. The van der Waals surface area contributed by atoms with Crippen LogP contribution in [0.5, 0.6) is 0 Å². The number of aryl methyl sites for hydroxylation is 2. The molecule has 1 aromatic heterocycles. The summed E-state index contributed by atoms with van der Waals surface area (Å²) in [4.78, 5) is 14.6. The fourth-order valence-electron chi connectivity index (χ4n) is 3.63. The van der Waals surface area contributed by atoms with Gasteiger partial charge in [-0.25, -0.2) is 14.4 Å². The number of amidine groups is 1. The zero-order valence-corrected chi connectivity index (χ0v) is 15.5. The van der Waals surface area contributed by atoms with Crippen LogP contribution in [0.4, 0.5) is 17.6 Å². The van der Waals surface area contributed by atoms with Crippen molar-refractivity contribution in [2.24, 2.45) is 5.16 Å². The number of hydrogen-bond donors (Lipinski definition) is 0. The molecule has 0 spiro atoms. The van der Waals surface area contributed by atoms with E-state index in [2.05, 4.69) is 15.1 Å². The zero-order chi connectivity index (χ0) is 21.0. The summed E-state index contributed by atoms with van der Waals surface area (Å²) in [6.45, 7) is 3.28. The first-order valence-electron chi connectivity index (χ1n) is 8.73. The second kappa shape index (κ2) is 6.40. The van der Waals surface area contributed by atoms with Gasteiger partial charge in [-0.1, -0.05) is 5.16 Å². The van der Waals surface area contributed by atoms with Crippen LogP contribution in [0.25, 0.3) is 0 Å². The number of fused-ring (bicyclic) bond motifs is 1. The number of halogens is 4. The summed E-state index contributed by atoms with van der Waals surface area (Å²) in [6, 6.07) is 4.14. The standard InChI is InChI=1S/C19H15F4N5O/c1-10-3-13(4-11(2)17(10)20)18(19(21,22)23)5-16(27-29-18)28-8-12-7-25-15(6-24)26-14(12)9-28/h3-4,7H,5,8-9H2,1-2H3. The van der Waals surface area contributed by atoms with Crippen molar-refractivity contribution in [3.8, 4) is 6.07 Å². The Morgan fingerprint density at radius 3 is 2.52 bits per heavy atom. The summed E-state index contributed by atoms with van der Waals surface area (Å²) in [5.74, 6) is -0.442. The molecule has 1 aromatic carbocycles. The number of nitriles is 1. The summed E-state index contributed by atoms with van der Waals surface area (Å²) in [6.07, 6.45) is -3.83. The minimum Gasteiger partial charge on any atom is -0.372 e. The van der Waals surface area contributed by atoms with Crippen molar-refractivity contribution in [2.45, 2.75) is 45.1 Å². The van der Waals surface area contributed by atoms with Gasteiger partial charge in [-0.2, -0.15) is 18.4 Å². The molecule has 0 amide bonds. The van der Waals surface area contributed by atoms with E-state index in [0.29, 0.717) is 11.3 Å². The Morgan fingerprint density at radius 2 is 1.90 bits per heavy atom. The number of hydrogen-bond acceptors (Lipinski definition) is 6. The summed E-state index contributed by atoms with van der Waals surface area (Å²) in [7, 11) is 0. The Morgan fingerprint density at radius 1 is 1.21 bits per heavy atom. The average Bonchev–Trinajstić information content (AvgIpc) is 3.29. The Labute approximate surface area is 163 Å². The molecule has 1 unspecified atom stereocenters. The highest BCUT2D eigenvalue weighted by Gasteiger charge is 2.63. The first-order valence-corrected chi connectivity index (χ1v) is 8.73. The van der Waals surface area contributed by atoms with E-state index in [1.807, 2.05) is 6.07 Å². The molecule has 10 heteroatoms. The molecule has 0 fully saturated rings. The summed E-state index contributed by atoms with van der Waals surface area (Å²) < 4.78 is 56.3. The van der Waals surface area contributed by atoms with Crippen molar-refractivity contribution in [1.82, 2.24) is 14.9 Å². The van der Waals surface area contributed by atoms with Crippen LogP contribution in [0.3, 0.4) is 0 Å². The molecule has 3 heterocycles. The predicted octanol–water partition coefficient (Wildman–Crippen LogP) is 3.61.